The maximum absolute atomic E-state index is 12.4. The number of benzene rings is 2. The number of rotatable bonds is 8. The summed E-state index contributed by atoms with van der Waals surface area (Å²) in [4.78, 5) is 40.2. The molecule has 2 N–H and O–H groups in total. The molecule has 2 aromatic heterocycles. The van der Waals surface area contributed by atoms with E-state index < -0.39 is 12.2 Å². The Balaban J connectivity index is 1.34. The molecule has 37 heavy (non-hydrogen) atoms. The molecule has 2 aromatic carbocycles. The third-order valence-corrected chi connectivity index (χ3v) is 4.90. The third-order valence-electron chi connectivity index (χ3n) is 4.90. The van der Waals surface area contributed by atoms with Crippen LogP contribution < -0.4 is 24.8 Å². The monoisotopic (exact) mass is 504 g/mol. The highest BCUT2D eigenvalue weighted by atomic mass is 16.6. The van der Waals surface area contributed by atoms with E-state index >= 15 is 0 Å². The Morgan fingerprint density at radius 1 is 0.892 bits per heavy atom. The van der Waals surface area contributed by atoms with Gasteiger partial charge in [-0.2, -0.15) is 0 Å². The summed E-state index contributed by atoms with van der Waals surface area (Å²) in [5, 5.41) is 5.54. The smallest absolute Gasteiger partial charge is 0.423 e. The molecule has 0 spiro atoms. The first kappa shape index (κ1) is 25.2. The molecular weight excluding hydrogens is 480 g/mol. The number of fused-ring (bicyclic) bond motifs is 1. The Labute approximate surface area is 211 Å². The zero-order valence-electron chi connectivity index (χ0n) is 19.9. The number of imide groups is 1. The molecule has 0 saturated heterocycles. The maximum atomic E-state index is 12.4. The van der Waals surface area contributed by atoms with E-state index in [0.717, 1.165) is 5.39 Å². The minimum atomic E-state index is -1.06. The number of hydrogen-bond acceptors (Lipinski definition) is 8. The Morgan fingerprint density at radius 3 is 2.49 bits per heavy atom. The number of ether oxygens (including phenoxy) is 4. The van der Waals surface area contributed by atoms with Gasteiger partial charge < -0.3 is 24.3 Å². The zero-order chi connectivity index (χ0) is 26.0. The summed E-state index contributed by atoms with van der Waals surface area (Å²) in [6.45, 7) is 3.33. The van der Waals surface area contributed by atoms with Crippen LogP contribution in [0.2, 0.25) is 0 Å². The number of para-hydroxylation sites is 1. The number of carbonyl (C=O) groups excluding carboxylic acids is 3. The standard InChI is InChI=1S/C26H24N4O7/c1-2-34-15-13-28-24(31)30-14-11-18-16-20(8-9-22(18)30)35-21-10-12-27-23(17-21)37-26(33)29-25(32)36-19-6-4-3-5-7-19/h3-12,14,16-17H,2,13,15H2,1H3,(H,28,31)(H,29,32,33). The first-order valence-electron chi connectivity index (χ1n) is 11.4. The predicted octanol–water partition coefficient (Wildman–Crippen LogP) is 4.71. The van der Waals surface area contributed by atoms with Gasteiger partial charge in [-0.25, -0.2) is 24.7 Å². The van der Waals surface area contributed by atoms with Gasteiger partial charge in [-0.1, -0.05) is 18.2 Å². The van der Waals surface area contributed by atoms with Crippen LogP contribution in [0.4, 0.5) is 14.4 Å². The minimum Gasteiger partial charge on any atom is -0.457 e. The Bertz CT molecular complexity index is 1390. The third kappa shape index (κ3) is 7.05. The Kier molecular flexibility index (Phi) is 8.29. The maximum Gasteiger partial charge on any atom is 0.423 e. The summed E-state index contributed by atoms with van der Waals surface area (Å²) in [6, 6.07) is 18.0. The number of nitrogens with zero attached hydrogens (tertiary/aromatic N) is 2. The first-order chi connectivity index (χ1) is 18.0. The largest absolute Gasteiger partial charge is 0.457 e. The van der Waals surface area contributed by atoms with Gasteiger partial charge in [0, 0.05) is 37.0 Å². The van der Waals surface area contributed by atoms with E-state index in [-0.39, 0.29) is 17.7 Å². The fraction of sp³-hybridized carbons (Fsp3) is 0.154. The molecule has 190 valence electrons. The molecule has 0 unspecified atom stereocenters. The van der Waals surface area contributed by atoms with Crippen LogP contribution in [0.25, 0.3) is 10.9 Å². The highest BCUT2D eigenvalue weighted by Gasteiger charge is 2.14. The molecule has 11 heteroatoms. The molecule has 0 aliphatic rings. The van der Waals surface area contributed by atoms with Crippen molar-refractivity contribution in [2.45, 2.75) is 6.92 Å². The second-order valence-electron chi connectivity index (χ2n) is 7.48. The van der Waals surface area contributed by atoms with Crippen molar-refractivity contribution in [3.63, 3.8) is 0 Å². The van der Waals surface area contributed by atoms with Crippen LogP contribution in [0.5, 0.6) is 23.1 Å². The van der Waals surface area contributed by atoms with Crippen molar-refractivity contribution in [3.05, 3.63) is 79.1 Å². The van der Waals surface area contributed by atoms with E-state index in [1.54, 1.807) is 66.9 Å². The summed E-state index contributed by atoms with van der Waals surface area (Å²) in [5.74, 6) is 1.03. The molecule has 2 heterocycles. The van der Waals surface area contributed by atoms with Crippen LogP contribution in [0.1, 0.15) is 6.92 Å². The number of pyridine rings is 1. The van der Waals surface area contributed by atoms with E-state index in [9.17, 15) is 14.4 Å². The Hall–Kier alpha value is -4.90. The lowest BCUT2D eigenvalue weighted by Gasteiger charge is -2.09. The highest BCUT2D eigenvalue weighted by Crippen LogP contribution is 2.27. The second-order valence-corrected chi connectivity index (χ2v) is 7.48. The van der Waals surface area contributed by atoms with Gasteiger partial charge in [0.1, 0.15) is 17.2 Å². The summed E-state index contributed by atoms with van der Waals surface area (Å²) < 4.78 is 22.6. The minimum absolute atomic E-state index is 0.0848. The van der Waals surface area contributed by atoms with Gasteiger partial charge in [-0.15, -0.1) is 0 Å². The van der Waals surface area contributed by atoms with Gasteiger partial charge in [0.25, 0.3) is 0 Å². The van der Waals surface area contributed by atoms with Crippen LogP contribution >= 0.6 is 0 Å². The van der Waals surface area contributed by atoms with Crippen molar-refractivity contribution in [1.82, 2.24) is 20.2 Å². The van der Waals surface area contributed by atoms with Gasteiger partial charge in [0.2, 0.25) is 5.88 Å². The van der Waals surface area contributed by atoms with E-state index in [1.807, 2.05) is 12.2 Å². The predicted molar refractivity (Wildman–Crippen MR) is 133 cm³/mol. The van der Waals surface area contributed by atoms with E-state index in [2.05, 4.69) is 10.3 Å². The normalized spacial score (nSPS) is 10.5. The lowest BCUT2D eigenvalue weighted by atomic mass is 10.2. The van der Waals surface area contributed by atoms with Gasteiger partial charge in [-0.3, -0.25) is 4.57 Å². The van der Waals surface area contributed by atoms with Crippen molar-refractivity contribution >= 4 is 29.1 Å². The lowest BCUT2D eigenvalue weighted by Crippen LogP contribution is -2.35. The quantitative estimate of drug-likeness (QED) is 0.330. The van der Waals surface area contributed by atoms with Gasteiger partial charge >= 0.3 is 18.2 Å². The fourth-order valence-corrected chi connectivity index (χ4v) is 3.29. The summed E-state index contributed by atoms with van der Waals surface area (Å²) >= 11 is 0. The summed E-state index contributed by atoms with van der Waals surface area (Å²) in [7, 11) is 0. The number of nitrogens with one attached hydrogen (secondary N) is 2. The number of aromatic nitrogens is 2. The average Bonchev–Trinajstić information content (AvgIpc) is 3.30. The molecule has 0 saturated carbocycles. The molecule has 0 fully saturated rings. The molecule has 0 aliphatic heterocycles. The van der Waals surface area contributed by atoms with E-state index in [4.69, 9.17) is 18.9 Å². The molecule has 0 bridgehead atoms. The molecular formula is C26H24N4O7. The SMILES string of the molecule is CCOCCNC(=O)n1ccc2cc(Oc3ccnc(OC(=O)NC(=O)Oc4ccccc4)c3)ccc21. The van der Waals surface area contributed by atoms with E-state index in [1.165, 1.54) is 16.8 Å². The molecule has 11 nitrogen and oxygen atoms in total. The molecule has 0 atom stereocenters. The highest BCUT2D eigenvalue weighted by molar-refractivity contribution is 5.92. The van der Waals surface area contributed by atoms with E-state index in [0.29, 0.717) is 36.8 Å². The van der Waals surface area contributed by atoms with Crippen molar-refractivity contribution in [3.8, 4) is 23.1 Å². The van der Waals surface area contributed by atoms with Crippen LogP contribution in [0.3, 0.4) is 0 Å². The van der Waals surface area contributed by atoms with Crippen LogP contribution in [0.15, 0.2) is 79.1 Å². The number of amides is 3. The number of carbonyl (C=O) groups is 3. The molecule has 0 aliphatic carbocycles. The van der Waals surface area contributed by atoms with Crippen molar-refractivity contribution < 1.29 is 33.3 Å². The Morgan fingerprint density at radius 2 is 1.68 bits per heavy atom. The van der Waals surface area contributed by atoms with Gasteiger partial charge in [0.05, 0.1) is 12.1 Å². The second kappa shape index (κ2) is 12.2. The first-order valence-corrected chi connectivity index (χ1v) is 11.4. The van der Waals surface area contributed by atoms with Crippen molar-refractivity contribution in [1.29, 1.82) is 0 Å². The molecule has 4 rings (SSSR count). The van der Waals surface area contributed by atoms with Crippen LogP contribution in [-0.2, 0) is 4.74 Å². The molecule has 0 radical (unpaired) electrons. The summed E-state index contributed by atoms with van der Waals surface area (Å²) in [6.07, 6.45) is 1.01. The number of hydrogen-bond donors (Lipinski definition) is 2. The summed E-state index contributed by atoms with van der Waals surface area (Å²) in [5.41, 5.74) is 0.707. The lowest BCUT2D eigenvalue weighted by molar-refractivity contribution is 0.149. The van der Waals surface area contributed by atoms with Crippen molar-refractivity contribution in [2.75, 3.05) is 19.8 Å². The zero-order valence-corrected chi connectivity index (χ0v) is 19.9. The molecule has 4 aromatic rings. The topological polar surface area (TPSA) is 130 Å². The molecule has 3 amide bonds. The van der Waals surface area contributed by atoms with Gasteiger partial charge in [0.15, 0.2) is 0 Å². The van der Waals surface area contributed by atoms with Gasteiger partial charge in [-0.05, 0) is 49.4 Å². The van der Waals surface area contributed by atoms with Crippen LogP contribution in [-0.4, -0.2) is 47.5 Å². The average molecular weight is 504 g/mol. The van der Waals surface area contributed by atoms with Crippen molar-refractivity contribution in [2.24, 2.45) is 0 Å². The van der Waals surface area contributed by atoms with Crippen LogP contribution in [0, 0.1) is 0 Å². The fourth-order valence-electron chi connectivity index (χ4n) is 3.29.